The van der Waals surface area contributed by atoms with Crippen molar-refractivity contribution in [2.75, 3.05) is 6.61 Å². The van der Waals surface area contributed by atoms with E-state index in [1.165, 1.54) is 25.7 Å². The maximum Gasteiger partial charge on any atom is 0.305 e. The average molecular weight is 449 g/mol. The van der Waals surface area contributed by atoms with Gasteiger partial charge in [0.2, 0.25) is 0 Å². The fraction of sp³-hybridized carbons (Fsp3) is 0.964. The van der Waals surface area contributed by atoms with Crippen LogP contribution >= 0.6 is 0 Å². The molecule has 4 nitrogen and oxygen atoms in total. The Kier molecular flexibility index (Phi) is 7.05. The third kappa shape index (κ3) is 3.85. The quantitative estimate of drug-likeness (QED) is 0.520. The summed E-state index contributed by atoms with van der Waals surface area (Å²) in [5.41, 5.74) is 0.532. The zero-order valence-corrected chi connectivity index (χ0v) is 21.2. The second-order valence-electron chi connectivity index (χ2n) is 12.4. The van der Waals surface area contributed by atoms with Crippen LogP contribution in [0.1, 0.15) is 98.8 Å². The highest BCUT2D eigenvalue weighted by atomic mass is 16.5. The molecule has 4 rings (SSSR count). The molecule has 0 aliphatic heterocycles. The minimum Gasteiger partial charge on any atom is -0.466 e. The van der Waals surface area contributed by atoms with Crippen LogP contribution in [0.5, 0.6) is 0 Å². The lowest BCUT2D eigenvalue weighted by Gasteiger charge is -2.64. The number of rotatable bonds is 6. The van der Waals surface area contributed by atoms with Crippen molar-refractivity contribution in [3.05, 3.63) is 0 Å². The molecule has 184 valence electrons. The maximum atomic E-state index is 11.9. The van der Waals surface area contributed by atoms with Gasteiger partial charge in [-0.05, 0) is 111 Å². The number of carbonyl (C=O) groups is 1. The monoisotopic (exact) mass is 448 g/mol. The number of fused-ring (bicyclic) bond motifs is 5. The summed E-state index contributed by atoms with van der Waals surface area (Å²) in [6.45, 7) is 11.9. The van der Waals surface area contributed by atoms with Gasteiger partial charge in [-0.2, -0.15) is 0 Å². The summed E-state index contributed by atoms with van der Waals surface area (Å²) >= 11 is 0. The van der Waals surface area contributed by atoms with Crippen molar-refractivity contribution in [2.45, 2.75) is 111 Å². The summed E-state index contributed by atoms with van der Waals surface area (Å²) in [5.74, 6) is 3.44. The van der Waals surface area contributed by atoms with Crippen molar-refractivity contribution >= 4 is 5.97 Å². The number of ether oxygens (including phenoxy) is 1. The zero-order chi connectivity index (χ0) is 23.3. The molecule has 0 saturated heterocycles. The third-order valence-electron chi connectivity index (χ3n) is 11.3. The first-order valence-corrected chi connectivity index (χ1v) is 13.7. The van der Waals surface area contributed by atoms with Crippen LogP contribution in [0.4, 0.5) is 0 Å². The lowest BCUT2D eigenvalue weighted by molar-refractivity contribution is -0.203. The predicted molar refractivity (Wildman–Crippen MR) is 127 cm³/mol. The number of esters is 1. The molecule has 4 saturated carbocycles. The molecule has 0 spiro atoms. The smallest absolute Gasteiger partial charge is 0.305 e. The van der Waals surface area contributed by atoms with Gasteiger partial charge in [-0.25, -0.2) is 0 Å². The molecule has 0 radical (unpaired) electrons. The van der Waals surface area contributed by atoms with Crippen molar-refractivity contribution in [1.29, 1.82) is 0 Å². The summed E-state index contributed by atoms with van der Waals surface area (Å²) in [5, 5.41) is 22.2. The highest BCUT2D eigenvalue weighted by molar-refractivity contribution is 5.69. The molecular formula is C28H48O4. The lowest BCUT2D eigenvalue weighted by atomic mass is 9.41. The number of aliphatic hydroxyl groups is 2. The fourth-order valence-electron chi connectivity index (χ4n) is 9.71. The molecule has 0 aromatic heterocycles. The topological polar surface area (TPSA) is 66.8 Å². The summed E-state index contributed by atoms with van der Waals surface area (Å²) < 4.78 is 5.17. The van der Waals surface area contributed by atoms with E-state index in [-0.39, 0.29) is 29.0 Å². The van der Waals surface area contributed by atoms with Crippen molar-refractivity contribution in [1.82, 2.24) is 0 Å². The summed E-state index contributed by atoms with van der Waals surface area (Å²) in [7, 11) is 0. The Morgan fingerprint density at radius 2 is 1.69 bits per heavy atom. The average Bonchev–Trinajstić information content (AvgIpc) is 3.11. The Labute approximate surface area is 195 Å². The molecule has 0 aromatic rings. The number of carbonyl (C=O) groups excluding carboxylic acids is 1. The van der Waals surface area contributed by atoms with Crippen molar-refractivity contribution in [2.24, 2.45) is 52.3 Å². The van der Waals surface area contributed by atoms with Crippen molar-refractivity contribution in [3.63, 3.8) is 0 Å². The van der Waals surface area contributed by atoms with E-state index in [2.05, 4.69) is 27.7 Å². The van der Waals surface area contributed by atoms with Crippen LogP contribution in [-0.2, 0) is 9.53 Å². The summed E-state index contributed by atoms with van der Waals surface area (Å²) in [6, 6.07) is 0. The molecule has 2 N–H and O–H groups in total. The van der Waals surface area contributed by atoms with Crippen LogP contribution in [0.25, 0.3) is 0 Å². The van der Waals surface area contributed by atoms with Gasteiger partial charge in [-0.1, -0.05) is 34.1 Å². The van der Waals surface area contributed by atoms with Gasteiger partial charge in [-0.15, -0.1) is 0 Å². The van der Waals surface area contributed by atoms with E-state index in [1.54, 1.807) is 0 Å². The van der Waals surface area contributed by atoms with E-state index in [1.807, 2.05) is 6.92 Å². The van der Waals surface area contributed by atoms with Gasteiger partial charge in [0.25, 0.3) is 0 Å². The minimum absolute atomic E-state index is 0.0605. The fourth-order valence-corrected chi connectivity index (χ4v) is 9.71. The molecule has 0 heterocycles. The molecule has 4 heteroatoms. The maximum absolute atomic E-state index is 11.9. The van der Waals surface area contributed by atoms with Gasteiger partial charge in [0.1, 0.15) is 0 Å². The molecule has 32 heavy (non-hydrogen) atoms. The molecule has 0 amide bonds. The Balaban J connectivity index is 1.55. The molecule has 4 fully saturated rings. The Morgan fingerprint density at radius 3 is 2.38 bits per heavy atom. The molecule has 4 aliphatic rings. The van der Waals surface area contributed by atoms with E-state index in [4.69, 9.17) is 4.74 Å². The van der Waals surface area contributed by atoms with E-state index >= 15 is 0 Å². The molecular weight excluding hydrogens is 400 g/mol. The Hall–Kier alpha value is -0.610. The number of aliphatic hydroxyl groups excluding tert-OH is 2. The Bertz CT molecular complexity index is 678. The van der Waals surface area contributed by atoms with E-state index in [0.29, 0.717) is 54.5 Å². The van der Waals surface area contributed by atoms with Crippen LogP contribution in [0.2, 0.25) is 0 Å². The van der Waals surface area contributed by atoms with Crippen LogP contribution in [0.3, 0.4) is 0 Å². The standard InChI is InChI=1S/C28H48O4/c1-6-19-23-16-18(29)12-14-28(23,5)22-13-15-27(4)20(9-10-21(27)25(22)26(19)31)17(3)8-11-24(30)32-7-2/h17-23,25-26,29,31H,6-16H2,1-5H3/t17-,18-,19-,20-,21?,22?,23?,25?,26?,27-,28-/m1/s1. The lowest BCUT2D eigenvalue weighted by Crippen LogP contribution is -2.62. The first kappa shape index (κ1) is 24.5. The Morgan fingerprint density at radius 1 is 1.00 bits per heavy atom. The normalized spacial score (nSPS) is 49.0. The third-order valence-corrected chi connectivity index (χ3v) is 11.3. The molecule has 0 aromatic carbocycles. The summed E-state index contributed by atoms with van der Waals surface area (Å²) in [4.78, 5) is 11.9. The summed E-state index contributed by atoms with van der Waals surface area (Å²) in [6.07, 6.45) is 9.90. The van der Waals surface area contributed by atoms with Gasteiger partial charge in [-0.3, -0.25) is 4.79 Å². The van der Waals surface area contributed by atoms with Gasteiger partial charge in [0, 0.05) is 6.42 Å². The van der Waals surface area contributed by atoms with Crippen LogP contribution in [0, 0.1) is 52.3 Å². The largest absolute Gasteiger partial charge is 0.466 e. The molecule has 5 unspecified atom stereocenters. The van der Waals surface area contributed by atoms with Gasteiger partial charge >= 0.3 is 5.97 Å². The van der Waals surface area contributed by atoms with E-state index in [9.17, 15) is 15.0 Å². The van der Waals surface area contributed by atoms with Crippen LogP contribution in [-0.4, -0.2) is 35.0 Å². The molecule has 0 bridgehead atoms. The van der Waals surface area contributed by atoms with Crippen molar-refractivity contribution < 1.29 is 19.7 Å². The number of hydrogen-bond acceptors (Lipinski definition) is 4. The van der Waals surface area contributed by atoms with Gasteiger partial charge < -0.3 is 14.9 Å². The SMILES string of the molecule is CCOC(=O)CC[C@@H](C)[C@H]1CCC2C3C(O)[C@H](CC)C4C[C@H](O)CC[C@]4(C)C3CC[C@@]21C. The van der Waals surface area contributed by atoms with Gasteiger partial charge in [0.15, 0.2) is 0 Å². The first-order valence-electron chi connectivity index (χ1n) is 13.7. The van der Waals surface area contributed by atoms with Crippen LogP contribution < -0.4 is 0 Å². The zero-order valence-electron chi connectivity index (χ0n) is 21.2. The number of hydrogen-bond donors (Lipinski definition) is 2. The van der Waals surface area contributed by atoms with Crippen LogP contribution in [0.15, 0.2) is 0 Å². The highest BCUT2D eigenvalue weighted by Gasteiger charge is 2.64. The van der Waals surface area contributed by atoms with E-state index in [0.717, 1.165) is 32.1 Å². The minimum atomic E-state index is -0.230. The van der Waals surface area contributed by atoms with E-state index < -0.39 is 0 Å². The second-order valence-corrected chi connectivity index (χ2v) is 12.4. The molecule has 11 atom stereocenters. The molecule has 4 aliphatic carbocycles. The highest BCUT2D eigenvalue weighted by Crippen LogP contribution is 2.69. The predicted octanol–water partition coefficient (Wildman–Crippen LogP) is 5.59. The first-order chi connectivity index (χ1) is 15.2. The van der Waals surface area contributed by atoms with Crippen molar-refractivity contribution in [3.8, 4) is 0 Å². The van der Waals surface area contributed by atoms with Gasteiger partial charge in [0.05, 0.1) is 18.8 Å². The second kappa shape index (κ2) is 9.21.